The van der Waals surface area contributed by atoms with E-state index in [1.165, 1.54) is 0 Å². The van der Waals surface area contributed by atoms with Crippen molar-refractivity contribution in [2.75, 3.05) is 29.9 Å². The summed E-state index contributed by atoms with van der Waals surface area (Å²) in [6.45, 7) is 7.66. The molecule has 1 amide bonds. The van der Waals surface area contributed by atoms with Crippen molar-refractivity contribution >= 4 is 17.3 Å². The highest BCUT2D eigenvalue weighted by molar-refractivity contribution is 6.08. The van der Waals surface area contributed by atoms with Crippen LogP contribution >= 0.6 is 0 Å². The van der Waals surface area contributed by atoms with E-state index < -0.39 is 0 Å². The summed E-state index contributed by atoms with van der Waals surface area (Å²) in [6, 6.07) is 8.08. The SMILES string of the molecule is CCc1nc(C)ncc1C(=O)N1C[C@@H](C)CN(C)c2ccccc21. The smallest absolute Gasteiger partial charge is 0.261 e. The van der Waals surface area contributed by atoms with Gasteiger partial charge in [-0.25, -0.2) is 9.97 Å². The molecule has 0 radical (unpaired) electrons. The molecule has 24 heavy (non-hydrogen) atoms. The molecule has 2 heterocycles. The number of aromatic nitrogens is 2. The highest BCUT2D eigenvalue weighted by Crippen LogP contribution is 2.33. The van der Waals surface area contributed by atoms with Gasteiger partial charge in [-0.05, 0) is 31.4 Å². The van der Waals surface area contributed by atoms with E-state index >= 15 is 0 Å². The van der Waals surface area contributed by atoms with Crippen LogP contribution in [0.1, 0.15) is 35.7 Å². The van der Waals surface area contributed by atoms with E-state index in [0.29, 0.717) is 23.9 Å². The molecule has 3 rings (SSSR count). The van der Waals surface area contributed by atoms with Gasteiger partial charge in [0.1, 0.15) is 5.82 Å². The summed E-state index contributed by atoms with van der Waals surface area (Å²) in [7, 11) is 2.08. The number of nitrogens with zero attached hydrogens (tertiary/aromatic N) is 4. The monoisotopic (exact) mass is 324 g/mol. The molecule has 2 aromatic rings. The van der Waals surface area contributed by atoms with Crippen molar-refractivity contribution in [3.63, 3.8) is 0 Å². The molecular weight excluding hydrogens is 300 g/mol. The largest absolute Gasteiger partial charge is 0.373 e. The van der Waals surface area contributed by atoms with Crippen LogP contribution in [0.5, 0.6) is 0 Å². The minimum atomic E-state index is -0.0125. The van der Waals surface area contributed by atoms with E-state index in [2.05, 4.69) is 34.9 Å². The Morgan fingerprint density at radius 1 is 1.25 bits per heavy atom. The lowest BCUT2D eigenvalue weighted by atomic mass is 10.1. The second-order valence-electron chi connectivity index (χ2n) is 6.52. The number of aryl methyl sites for hydroxylation is 2. The Hall–Kier alpha value is -2.43. The summed E-state index contributed by atoms with van der Waals surface area (Å²) in [5.41, 5.74) is 3.46. The molecule has 0 saturated heterocycles. The molecule has 1 aliphatic rings. The number of hydrogen-bond donors (Lipinski definition) is 0. The Bertz CT molecular complexity index is 759. The quantitative estimate of drug-likeness (QED) is 0.852. The first kappa shape index (κ1) is 16.4. The van der Waals surface area contributed by atoms with Crippen molar-refractivity contribution in [2.24, 2.45) is 5.92 Å². The van der Waals surface area contributed by atoms with Gasteiger partial charge >= 0.3 is 0 Å². The van der Waals surface area contributed by atoms with Gasteiger partial charge in [0, 0.05) is 26.3 Å². The van der Waals surface area contributed by atoms with E-state index in [4.69, 9.17) is 0 Å². The summed E-state index contributed by atoms with van der Waals surface area (Å²) in [5, 5.41) is 0. The van der Waals surface area contributed by atoms with Gasteiger partial charge in [0.25, 0.3) is 5.91 Å². The van der Waals surface area contributed by atoms with Gasteiger partial charge in [-0.3, -0.25) is 4.79 Å². The molecule has 0 bridgehead atoms. The van der Waals surface area contributed by atoms with Crippen LogP contribution in [0.4, 0.5) is 11.4 Å². The number of fused-ring (bicyclic) bond motifs is 1. The summed E-state index contributed by atoms with van der Waals surface area (Å²) in [6.07, 6.45) is 2.39. The first-order valence-electron chi connectivity index (χ1n) is 8.45. The van der Waals surface area contributed by atoms with E-state index in [9.17, 15) is 4.79 Å². The molecule has 5 heteroatoms. The zero-order valence-corrected chi connectivity index (χ0v) is 14.8. The predicted octanol–water partition coefficient (Wildman–Crippen LogP) is 3.08. The van der Waals surface area contributed by atoms with Crippen LogP contribution in [0.2, 0.25) is 0 Å². The van der Waals surface area contributed by atoms with Gasteiger partial charge in [0.05, 0.1) is 22.6 Å². The maximum atomic E-state index is 13.3. The lowest BCUT2D eigenvalue weighted by molar-refractivity contribution is 0.0982. The normalized spacial score (nSPS) is 17.4. The first-order valence-corrected chi connectivity index (χ1v) is 8.45. The van der Waals surface area contributed by atoms with Crippen molar-refractivity contribution in [3.05, 3.63) is 47.5 Å². The first-order chi connectivity index (χ1) is 11.5. The number of anilines is 2. The summed E-state index contributed by atoms with van der Waals surface area (Å²) < 4.78 is 0. The van der Waals surface area contributed by atoms with E-state index in [1.807, 2.05) is 36.9 Å². The van der Waals surface area contributed by atoms with Crippen LogP contribution in [0.15, 0.2) is 30.5 Å². The van der Waals surface area contributed by atoms with E-state index in [-0.39, 0.29) is 5.91 Å². The van der Waals surface area contributed by atoms with Crippen molar-refractivity contribution in [1.29, 1.82) is 0 Å². The Morgan fingerprint density at radius 3 is 2.67 bits per heavy atom. The fourth-order valence-electron chi connectivity index (χ4n) is 3.35. The van der Waals surface area contributed by atoms with Crippen molar-refractivity contribution in [1.82, 2.24) is 9.97 Å². The minimum absolute atomic E-state index is 0.0125. The van der Waals surface area contributed by atoms with Gasteiger partial charge in [-0.2, -0.15) is 0 Å². The number of rotatable bonds is 2. The number of carbonyl (C=O) groups excluding carboxylic acids is 1. The van der Waals surface area contributed by atoms with Gasteiger partial charge in [-0.1, -0.05) is 26.0 Å². The maximum absolute atomic E-state index is 13.3. The second-order valence-corrected chi connectivity index (χ2v) is 6.52. The van der Waals surface area contributed by atoms with Crippen LogP contribution in [0.3, 0.4) is 0 Å². The molecule has 1 aromatic heterocycles. The Balaban J connectivity index is 2.07. The molecule has 0 saturated carbocycles. The van der Waals surface area contributed by atoms with Gasteiger partial charge in [-0.15, -0.1) is 0 Å². The van der Waals surface area contributed by atoms with Crippen molar-refractivity contribution in [2.45, 2.75) is 27.2 Å². The Kier molecular flexibility index (Phi) is 4.51. The van der Waals surface area contributed by atoms with E-state index in [0.717, 1.165) is 30.0 Å². The minimum Gasteiger partial charge on any atom is -0.373 e. The molecule has 1 atom stereocenters. The zero-order chi connectivity index (χ0) is 17.3. The van der Waals surface area contributed by atoms with Crippen LogP contribution < -0.4 is 9.80 Å². The van der Waals surface area contributed by atoms with Crippen molar-refractivity contribution < 1.29 is 4.79 Å². The Morgan fingerprint density at radius 2 is 1.96 bits per heavy atom. The zero-order valence-electron chi connectivity index (χ0n) is 14.8. The number of carbonyl (C=O) groups is 1. The fraction of sp³-hybridized carbons (Fsp3) is 0.421. The molecule has 0 N–H and O–H groups in total. The average molecular weight is 324 g/mol. The number of benzene rings is 1. The summed E-state index contributed by atoms with van der Waals surface area (Å²) in [5.74, 6) is 1.07. The molecule has 0 fully saturated rings. The molecule has 1 aromatic carbocycles. The number of para-hydroxylation sites is 2. The summed E-state index contributed by atoms with van der Waals surface area (Å²) in [4.78, 5) is 26.1. The molecule has 5 nitrogen and oxygen atoms in total. The van der Waals surface area contributed by atoms with Crippen LogP contribution in [0, 0.1) is 12.8 Å². The fourth-order valence-corrected chi connectivity index (χ4v) is 3.35. The van der Waals surface area contributed by atoms with Gasteiger partial charge in [0.15, 0.2) is 0 Å². The third-order valence-corrected chi connectivity index (χ3v) is 4.46. The molecule has 1 aliphatic heterocycles. The maximum Gasteiger partial charge on any atom is 0.261 e. The highest BCUT2D eigenvalue weighted by Gasteiger charge is 2.28. The van der Waals surface area contributed by atoms with Crippen LogP contribution in [-0.4, -0.2) is 36.0 Å². The number of amides is 1. The third-order valence-electron chi connectivity index (χ3n) is 4.46. The second kappa shape index (κ2) is 6.59. The highest BCUT2D eigenvalue weighted by atomic mass is 16.2. The number of hydrogen-bond acceptors (Lipinski definition) is 4. The molecule has 126 valence electrons. The molecule has 0 spiro atoms. The topological polar surface area (TPSA) is 49.3 Å². The van der Waals surface area contributed by atoms with Crippen LogP contribution in [-0.2, 0) is 6.42 Å². The van der Waals surface area contributed by atoms with Gasteiger partial charge in [0.2, 0.25) is 0 Å². The molecular formula is C19H24N4O. The Labute approximate surface area is 143 Å². The van der Waals surface area contributed by atoms with Crippen molar-refractivity contribution in [3.8, 4) is 0 Å². The lowest BCUT2D eigenvalue weighted by Gasteiger charge is -2.25. The third kappa shape index (κ3) is 2.98. The predicted molar refractivity (Wildman–Crippen MR) is 96.7 cm³/mol. The summed E-state index contributed by atoms with van der Waals surface area (Å²) >= 11 is 0. The lowest BCUT2D eigenvalue weighted by Crippen LogP contribution is -2.35. The van der Waals surface area contributed by atoms with Crippen LogP contribution in [0.25, 0.3) is 0 Å². The molecule has 0 aliphatic carbocycles. The molecule has 0 unspecified atom stereocenters. The van der Waals surface area contributed by atoms with Gasteiger partial charge < -0.3 is 9.80 Å². The standard InChI is InChI=1S/C19H24N4O/c1-5-16-15(10-20-14(3)21-16)19(24)23-12-13(2)11-22(4)17-8-6-7-9-18(17)23/h6-10,13H,5,11-12H2,1-4H3/t13-/m0/s1. The average Bonchev–Trinajstić information content (AvgIpc) is 2.71. The van der Waals surface area contributed by atoms with E-state index in [1.54, 1.807) is 6.20 Å².